The van der Waals surface area contributed by atoms with Crippen LogP contribution in [0.4, 0.5) is 0 Å². The molecule has 1 atom stereocenters. The molecule has 1 fully saturated rings. The molecule has 1 heterocycles. The third-order valence-corrected chi connectivity index (χ3v) is 4.75. The summed E-state index contributed by atoms with van der Waals surface area (Å²) < 4.78 is 0. The third kappa shape index (κ3) is 4.20. The van der Waals surface area contributed by atoms with E-state index < -0.39 is 6.04 Å². The molecule has 2 aromatic rings. The topological polar surface area (TPSA) is 49.4 Å². The van der Waals surface area contributed by atoms with Crippen LogP contribution in [0.2, 0.25) is 5.02 Å². The number of amides is 2. The average molecular weight is 357 g/mol. The van der Waals surface area contributed by atoms with Gasteiger partial charge in [-0.15, -0.1) is 0 Å². The van der Waals surface area contributed by atoms with Crippen LogP contribution in [-0.4, -0.2) is 29.3 Å². The van der Waals surface area contributed by atoms with E-state index in [1.54, 1.807) is 17.0 Å². The summed E-state index contributed by atoms with van der Waals surface area (Å²) in [6.07, 6.45) is 1.54. The van der Waals surface area contributed by atoms with Gasteiger partial charge in [0.1, 0.15) is 6.04 Å². The van der Waals surface area contributed by atoms with Crippen LogP contribution in [0.25, 0.3) is 0 Å². The molecule has 1 aliphatic heterocycles. The lowest BCUT2D eigenvalue weighted by Gasteiger charge is -2.24. The second kappa shape index (κ2) is 7.70. The van der Waals surface area contributed by atoms with E-state index in [4.69, 9.17) is 11.6 Å². The molecule has 1 saturated heterocycles. The van der Waals surface area contributed by atoms with Crippen molar-refractivity contribution in [3.8, 4) is 0 Å². The second-order valence-electron chi connectivity index (χ2n) is 6.37. The number of hydrogen-bond acceptors (Lipinski definition) is 2. The SMILES string of the molecule is Cc1ccc(C(=O)N2CCCC2C(=O)NCc2ccc(Cl)cc2)cc1. The minimum Gasteiger partial charge on any atom is -0.350 e. The molecular weight excluding hydrogens is 336 g/mol. The van der Waals surface area contributed by atoms with Gasteiger partial charge < -0.3 is 10.2 Å². The minimum atomic E-state index is -0.402. The van der Waals surface area contributed by atoms with Gasteiger partial charge in [0.25, 0.3) is 5.91 Å². The van der Waals surface area contributed by atoms with Crippen LogP contribution in [0.15, 0.2) is 48.5 Å². The smallest absolute Gasteiger partial charge is 0.254 e. The molecule has 130 valence electrons. The first-order chi connectivity index (χ1) is 12.0. The summed E-state index contributed by atoms with van der Waals surface area (Å²) in [5.74, 6) is -0.183. The van der Waals surface area contributed by atoms with Crippen molar-refractivity contribution in [1.82, 2.24) is 10.2 Å². The monoisotopic (exact) mass is 356 g/mol. The van der Waals surface area contributed by atoms with E-state index in [1.807, 2.05) is 43.3 Å². The Hall–Kier alpha value is -2.33. The Balaban J connectivity index is 1.64. The summed E-state index contributed by atoms with van der Waals surface area (Å²) in [4.78, 5) is 27.0. The molecule has 4 nitrogen and oxygen atoms in total. The van der Waals surface area contributed by atoms with Gasteiger partial charge >= 0.3 is 0 Å². The van der Waals surface area contributed by atoms with Gasteiger partial charge in [-0.3, -0.25) is 9.59 Å². The number of nitrogens with zero attached hydrogens (tertiary/aromatic N) is 1. The Morgan fingerprint density at radius 3 is 2.48 bits per heavy atom. The summed E-state index contributed by atoms with van der Waals surface area (Å²) in [7, 11) is 0. The van der Waals surface area contributed by atoms with E-state index in [-0.39, 0.29) is 11.8 Å². The number of aryl methyl sites for hydroxylation is 1. The van der Waals surface area contributed by atoms with Crippen molar-refractivity contribution in [3.63, 3.8) is 0 Å². The van der Waals surface area contributed by atoms with Gasteiger partial charge in [-0.05, 0) is 49.6 Å². The first-order valence-electron chi connectivity index (χ1n) is 8.44. The molecule has 2 aromatic carbocycles. The number of carbonyl (C=O) groups excluding carboxylic acids is 2. The van der Waals surface area contributed by atoms with Crippen LogP contribution >= 0.6 is 11.6 Å². The number of carbonyl (C=O) groups is 2. The number of rotatable bonds is 4. The highest BCUT2D eigenvalue weighted by atomic mass is 35.5. The molecule has 1 N–H and O–H groups in total. The maximum absolute atomic E-state index is 12.7. The standard InChI is InChI=1S/C20H21ClN2O2/c1-14-4-8-16(9-5-14)20(25)23-12-2-3-18(23)19(24)22-13-15-6-10-17(21)11-7-15/h4-11,18H,2-3,12-13H2,1H3,(H,22,24). The van der Waals surface area contributed by atoms with E-state index in [1.165, 1.54) is 0 Å². The van der Waals surface area contributed by atoms with Crippen molar-refractivity contribution in [2.24, 2.45) is 0 Å². The number of halogens is 1. The van der Waals surface area contributed by atoms with E-state index in [0.717, 1.165) is 17.5 Å². The van der Waals surface area contributed by atoms with Gasteiger partial charge in [-0.1, -0.05) is 41.4 Å². The maximum Gasteiger partial charge on any atom is 0.254 e. The van der Waals surface area contributed by atoms with E-state index in [9.17, 15) is 9.59 Å². The molecule has 2 amide bonds. The van der Waals surface area contributed by atoms with Crippen molar-refractivity contribution in [1.29, 1.82) is 0 Å². The van der Waals surface area contributed by atoms with E-state index >= 15 is 0 Å². The van der Waals surface area contributed by atoms with Crippen LogP contribution in [-0.2, 0) is 11.3 Å². The van der Waals surface area contributed by atoms with Crippen LogP contribution in [0.3, 0.4) is 0 Å². The van der Waals surface area contributed by atoms with Crippen molar-refractivity contribution in [2.45, 2.75) is 32.4 Å². The molecule has 0 saturated carbocycles. The van der Waals surface area contributed by atoms with E-state index in [0.29, 0.717) is 30.1 Å². The average Bonchev–Trinajstić information content (AvgIpc) is 3.11. The van der Waals surface area contributed by atoms with Crippen molar-refractivity contribution in [2.75, 3.05) is 6.54 Å². The Labute approximate surface area is 152 Å². The summed E-state index contributed by atoms with van der Waals surface area (Å²) >= 11 is 5.87. The number of nitrogens with one attached hydrogen (secondary N) is 1. The van der Waals surface area contributed by atoms with Gasteiger partial charge in [0.2, 0.25) is 5.91 Å². The summed E-state index contributed by atoms with van der Waals surface area (Å²) in [5.41, 5.74) is 2.71. The lowest BCUT2D eigenvalue weighted by atomic mass is 10.1. The number of benzene rings is 2. The number of likely N-dealkylation sites (tertiary alicyclic amines) is 1. The zero-order chi connectivity index (χ0) is 17.8. The van der Waals surface area contributed by atoms with Gasteiger partial charge in [0.15, 0.2) is 0 Å². The molecule has 1 unspecified atom stereocenters. The normalized spacial score (nSPS) is 16.7. The van der Waals surface area contributed by atoms with E-state index in [2.05, 4.69) is 5.32 Å². The molecule has 25 heavy (non-hydrogen) atoms. The molecule has 0 spiro atoms. The Morgan fingerprint density at radius 2 is 1.80 bits per heavy atom. The lowest BCUT2D eigenvalue weighted by Crippen LogP contribution is -2.45. The summed E-state index contributed by atoms with van der Waals surface area (Å²) in [5, 5.41) is 3.60. The highest BCUT2D eigenvalue weighted by molar-refractivity contribution is 6.30. The maximum atomic E-state index is 12.7. The van der Waals surface area contributed by atoms with Gasteiger partial charge in [0.05, 0.1) is 0 Å². The quantitative estimate of drug-likeness (QED) is 0.910. The van der Waals surface area contributed by atoms with Crippen molar-refractivity contribution >= 4 is 23.4 Å². The summed E-state index contributed by atoms with van der Waals surface area (Å²) in [6, 6.07) is 14.4. The highest BCUT2D eigenvalue weighted by Gasteiger charge is 2.34. The first-order valence-corrected chi connectivity index (χ1v) is 8.82. The lowest BCUT2D eigenvalue weighted by molar-refractivity contribution is -0.125. The molecule has 0 aromatic heterocycles. The number of hydrogen-bond donors (Lipinski definition) is 1. The van der Waals surface area contributed by atoms with Crippen LogP contribution < -0.4 is 5.32 Å². The van der Waals surface area contributed by atoms with Gasteiger partial charge in [-0.2, -0.15) is 0 Å². The predicted molar refractivity (Wildman–Crippen MR) is 98.5 cm³/mol. The van der Waals surface area contributed by atoms with Crippen LogP contribution in [0.1, 0.15) is 34.3 Å². The van der Waals surface area contributed by atoms with Gasteiger partial charge in [-0.25, -0.2) is 0 Å². The Kier molecular flexibility index (Phi) is 5.39. The van der Waals surface area contributed by atoms with Crippen LogP contribution in [0, 0.1) is 6.92 Å². The van der Waals surface area contributed by atoms with Crippen molar-refractivity contribution < 1.29 is 9.59 Å². The molecule has 0 aliphatic carbocycles. The molecule has 0 radical (unpaired) electrons. The zero-order valence-electron chi connectivity index (χ0n) is 14.2. The fourth-order valence-corrected chi connectivity index (χ4v) is 3.18. The largest absolute Gasteiger partial charge is 0.350 e. The fraction of sp³-hybridized carbons (Fsp3) is 0.300. The highest BCUT2D eigenvalue weighted by Crippen LogP contribution is 2.21. The van der Waals surface area contributed by atoms with Crippen molar-refractivity contribution in [3.05, 3.63) is 70.2 Å². The molecule has 3 rings (SSSR count). The Morgan fingerprint density at radius 1 is 1.12 bits per heavy atom. The van der Waals surface area contributed by atoms with Crippen LogP contribution in [0.5, 0.6) is 0 Å². The molecule has 0 bridgehead atoms. The molecule has 1 aliphatic rings. The summed E-state index contributed by atoms with van der Waals surface area (Å²) in [6.45, 7) is 3.03. The third-order valence-electron chi connectivity index (χ3n) is 4.49. The predicted octanol–water partition coefficient (Wildman–Crippen LogP) is 3.57. The second-order valence-corrected chi connectivity index (χ2v) is 6.80. The fourth-order valence-electron chi connectivity index (χ4n) is 3.05. The molecule has 5 heteroatoms. The van der Waals surface area contributed by atoms with Gasteiger partial charge in [0, 0.05) is 23.7 Å². The zero-order valence-corrected chi connectivity index (χ0v) is 14.9. The Bertz CT molecular complexity index is 756. The first kappa shape index (κ1) is 17.5. The molecular formula is C20H21ClN2O2. The minimum absolute atomic E-state index is 0.0795.